The second-order valence-electron chi connectivity index (χ2n) is 3.44. The Kier molecular flexibility index (Phi) is 4.64. The van der Waals surface area contributed by atoms with Crippen molar-refractivity contribution in [1.29, 1.82) is 0 Å². The average molecular weight is 244 g/mol. The van der Waals surface area contributed by atoms with Gasteiger partial charge < -0.3 is 0 Å². The molecule has 1 aromatic rings. The molecule has 0 aliphatic carbocycles. The highest BCUT2D eigenvalue weighted by Gasteiger charge is 2.15. The molecule has 0 aliphatic rings. The van der Waals surface area contributed by atoms with E-state index in [-0.39, 0.29) is 16.6 Å². The summed E-state index contributed by atoms with van der Waals surface area (Å²) in [6.45, 7) is 6.02. The maximum absolute atomic E-state index is 11.6. The van der Waals surface area contributed by atoms with Gasteiger partial charge in [0.15, 0.2) is 5.69 Å². The first-order valence-corrected chi connectivity index (χ1v) is 5.38. The van der Waals surface area contributed by atoms with Gasteiger partial charge in [0.2, 0.25) is 0 Å². The summed E-state index contributed by atoms with van der Waals surface area (Å²) in [4.78, 5) is 24.5. The molecule has 0 unspecified atom stereocenters. The van der Waals surface area contributed by atoms with Crippen molar-refractivity contribution in [3.8, 4) is 0 Å². The Bertz CT molecular complexity index is 382. The first kappa shape index (κ1) is 12.9. The van der Waals surface area contributed by atoms with Crippen LogP contribution in [0, 0.1) is 0 Å². The van der Waals surface area contributed by atoms with Gasteiger partial charge in [0, 0.05) is 5.92 Å². The Morgan fingerprint density at radius 3 is 2.88 bits per heavy atom. The molecule has 1 N–H and O–H groups in total. The third-order valence-electron chi connectivity index (χ3n) is 1.80. The van der Waals surface area contributed by atoms with Crippen LogP contribution in [0.15, 0.2) is 6.20 Å². The summed E-state index contributed by atoms with van der Waals surface area (Å²) in [5.41, 5.74) is 2.38. The van der Waals surface area contributed by atoms with Crippen LogP contribution in [-0.4, -0.2) is 22.5 Å². The van der Waals surface area contributed by atoms with E-state index in [4.69, 9.17) is 16.4 Å². The first-order valence-electron chi connectivity index (χ1n) is 5.00. The minimum absolute atomic E-state index is 0.133. The standard InChI is InChI=1S/C10H14ClN3O2/c1-4-16-14-10(15)8-7(11)5-12-9(13-8)6(2)3/h5-6H,4H2,1-3H3,(H,14,15). The van der Waals surface area contributed by atoms with E-state index in [0.717, 1.165) is 0 Å². The van der Waals surface area contributed by atoms with Crippen molar-refractivity contribution >= 4 is 17.5 Å². The lowest BCUT2D eigenvalue weighted by molar-refractivity contribution is 0.0359. The van der Waals surface area contributed by atoms with Gasteiger partial charge in [-0.05, 0) is 6.92 Å². The lowest BCUT2D eigenvalue weighted by Gasteiger charge is -2.08. The number of rotatable bonds is 4. The molecule has 88 valence electrons. The van der Waals surface area contributed by atoms with Gasteiger partial charge >= 0.3 is 0 Å². The van der Waals surface area contributed by atoms with E-state index in [1.807, 2.05) is 13.8 Å². The number of amides is 1. The lowest BCUT2D eigenvalue weighted by atomic mass is 10.2. The molecule has 0 atom stereocenters. The minimum Gasteiger partial charge on any atom is -0.274 e. The largest absolute Gasteiger partial charge is 0.295 e. The fraction of sp³-hybridized carbons (Fsp3) is 0.500. The van der Waals surface area contributed by atoms with E-state index in [2.05, 4.69) is 15.4 Å². The minimum atomic E-state index is -0.462. The zero-order chi connectivity index (χ0) is 12.1. The Balaban J connectivity index is 2.93. The number of halogens is 1. The van der Waals surface area contributed by atoms with Gasteiger partial charge in [0.25, 0.3) is 5.91 Å². The molecule has 5 nitrogen and oxygen atoms in total. The molecule has 0 aliphatic heterocycles. The van der Waals surface area contributed by atoms with Gasteiger partial charge in [-0.1, -0.05) is 25.4 Å². The zero-order valence-electron chi connectivity index (χ0n) is 9.45. The summed E-state index contributed by atoms with van der Waals surface area (Å²) in [5.74, 6) is 0.248. The van der Waals surface area contributed by atoms with Gasteiger partial charge in [-0.15, -0.1) is 0 Å². The molecule has 0 aromatic carbocycles. The van der Waals surface area contributed by atoms with E-state index in [0.29, 0.717) is 12.4 Å². The molecule has 0 bridgehead atoms. The maximum Gasteiger partial charge on any atom is 0.295 e. The van der Waals surface area contributed by atoms with E-state index in [1.165, 1.54) is 6.20 Å². The molecule has 0 spiro atoms. The molecular weight excluding hydrogens is 230 g/mol. The Hall–Kier alpha value is -1.20. The summed E-state index contributed by atoms with van der Waals surface area (Å²) in [6.07, 6.45) is 1.42. The van der Waals surface area contributed by atoms with Crippen molar-refractivity contribution in [2.45, 2.75) is 26.7 Å². The molecule has 1 heterocycles. The van der Waals surface area contributed by atoms with Crippen LogP contribution in [0.25, 0.3) is 0 Å². The first-order chi connectivity index (χ1) is 7.56. The molecule has 6 heteroatoms. The Morgan fingerprint density at radius 1 is 1.62 bits per heavy atom. The van der Waals surface area contributed by atoms with Crippen LogP contribution in [0.3, 0.4) is 0 Å². The van der Waals surface area contributed by atoms with Crippen molar-refractivity contribution < 1.29 is 9.63 Å². The average Bonchev–Trinajstić information content (AvgIpc) is 2.26. The summed E-state index contributed by atoms with van der Waals surface area (Å²) in [5, 5.41) is 0.210. The van der Waals surface area contributed by atoms with Crippen molar-refractivity contribution in [2.75, 3.05) is 6.61 Å². The molecule has 1 rings (SSSR count). The predicted molar refractivity (Wildman–Crippen MR) is 60.2 cm³/mol. The molecule has 0 saturated carbocycles. The van der Waals surface area contributed by atoms with Crippen LogP contribution >= 0.6 is 11.6 Å². The van der Waals surface area contributed by atoms with E-state index in [9.17, 15) is 4.79 Å². The van der Waals surface area contributed by atoms with Gasteiger partial charge in [-0.3, -0.25) is 9.63 Å². The normalized spacial score (nSPS) is 10.6. The molecule has 16 heavy (non-hydrogen) atoms. The van der Waals surface area contributed by atoms with E-state index < -0.39 is 5.91 Å². The highest BCUT2D eigenvalue weighted by molar-refractivity contribution is 6.33. The SMILES string of the molecule is CCONC(=O)c1nc(C(C)C)ncc1Cl. The monoisotopic (exact) mass is 243 g/mol. The highest BCUT2D eigenvalue weighted by Crippen LogP contribution is 2.16. The van der Waals surface area contributed by atoms with Crippen LogP contribution < -0.4 is 5.48 Å². The van der Waals surface area contributed by atoms with Crippen LogP contribution in [0.1, 0.15) is 43.0 Å². The summed E-state index contributed by atoms with van der Waals surface area (Å²) >= 11 is 5.83. The van der Waals surface area contributed by atoms with Gasteiger partial charge in [0.1, 0.15) is 5.82 Å². The Labute approximate surface area is 99.1 Å². The second kappa shape index (κ2) is 5.77. The quantitative estimate of drug-likeness (QED) is 0.821. The highest BCUT2D eigenvalue weighted by atomic mass is 35.5. The lowest BCUT2D eigenvalue weighted by Crippen LogP contribution is -2.25. The zero-order valence-corrected chi connectivity index (χ0v) is 10.2. The molecule has 1 amide bonds. The predicted octanol–water partition coefficient (Wildman–Crippen LogP) is 1.93. The molecule has 0 fully saturated rings. The number of nitrogens with zero attached hydrogens (tertiary/aromatic N) is 2. The maximum atomic E-state index is 11.6. The molecule has 0 radical (unpaired) electrons. The number of aromatic nitrogens is 2. The van der Waals surface area contributed by atoms with E-state index >= 15 is 0 Å². The fourth-order valence-corrected chi connectivity index (χ4v) is 1.18. The van der Waals surface area contributed by atoms with Crippen LogP contribution in [0.5, 0.6) is 0 Å². The number of carbonyl (C=O) groups excluding carboxylic acids is 1. The van der Waals surface area contributed by atoms with Crippen LogP contribution in [-0.2, 0) is 4.84 Å². The topological polar surface area (TPSA) is 64.1 Å². The number of carbonyl (C=O) groups is 1. The Morgan fingerprint density at radius 2 is 2.31 bits per heavy atom. The fourth-order valence-electron chi connectivity index (χ4n) is 1.00. The smallest absolute Gasteiger partial charge is 0.274 e. The van der Waals surface area contributed by atoms with Crippen molar-refractivity contribution in [3.05, 3.63) is 22.7 Å². The van der Waals surface area contributed by atoms with Crippen LogP contribution in [0.4, 0.5) is 0 Å². The van der Waals surface area contributed by atoms with Gasteiger partial charge in [-0.25, -0.2) is 15.4 Å². The van der Waals surface area contributed by atoms with Gasteiger partial charge in [0.05, 0.1) is 17.8 Å². The molecule has 0 saturated heterocycles. The number of nitrogens with one attached hydrogen (secondary N) is 1. The summed E-state index contributed by atoms with van der Waals surface area (Å²) in [7, 11) is 0. The molecular formula is C10H14ClN3O2. The van der Waals surface area contributed by atoms with Crippen LogP contribution in [0.2, 0.25) is 5.02 Å². The third-order valence-corrected chi connectivity index (χ3v) is 2.08. The third kappa shape index (κ3) is 3.15. The number of hydrogen-bond acceptors (Lipinski definition) is 4. The van der Waals surface area contributed by atoms with Crippen molar-refractivity contribution in [1.82, 2.24) is 15.4 Å². The second-order valence-corrected chi connectivity index (χ2v) is 3.85. The summed E-state index contributed by atoms with van der Waals surface area (Å²) in [6, 6.07) is 0. The number of hydroxylamine groups is 1. The van der Waals surface area contributed by atoms with Crippen molar-refractivity contribution in [2.24, 2.45) is 0 Å². The number of hydrogen-bond donors (Lipinski definition) is 1. The van der Waals surface area contributed by atoms with E-state index in [1.54, 1.807) is 6.92 Å². The van der Waals surface area contributed by atoms with Crippen molar-refractivity contribution in [3.63, 3.8) is 0 Å². The molecule has 1 aromatic heterocycles. The van der Waals surface area contributed by atoms with Gasteiger partial charge in [-0.2, -0.15) is 0 Å². The summed E-state index contributed by atoms with van der Waals surface area (Å²) < 4.78 is 0.